The average Bonchev–Trinajstić information content (AvgIpc) is 2.65. The summed E-state index contributed by atoms with van der Waals surface area (Å²) in [4.78, 5) is 0.215. The van der Waals surface area contributed by atoms with E-state index in [1.807, 2.05) is 12.1 Å². The molecule has 1 aromatic rings. The van der Waals surface area contributed by atoms with Gasteiger partial charge in [0.25, 0.3) is 0 Å². The molecule has 1 aromatic carbocycles. The third kappa shape index (κ3) is 4.45. The minimum atomic E-state index is -3.66. The Bertz CT molecular complexity index is 584. The van der Waals surface area contributed by atoms with E-state index in [0.29, 0.717) is 11.6 Å². The van der Waals surface area contributed by atoms with E-state index in [-0.39, 0.29) is 4.90 Å². The van der Waals surface area contributed by atoms with Crippen LogP contribution in [0, 0.1) is 12.8 Å². The second-order valence-electron chi connectivity index (χ2n) is 6.15. The lowest BCUT2D eigenvalue weighted by Crippen LogP contribution is -2.19. The number of rotatable bonds is 4. The Morgan fingerprint density at radius 3 is 2.67 bits per heavy atom. The summed E-state index contributed by atoms with van der Waals surface area (Å²) < 4.78 is 23.2. The standard InChI is InChI=1S/C16H26N2O2S/c1-3-13-5-4-6-14(10-8-13)18-15-9-7-12(2)16(11-15)21(17,19)20/h7,9,11,13-14,18H,3-6,8,10H2,1-2H3,(H2,17,19,20). The minimum absolute atomic E-state index is 0.215. The molecule has 0 amide bonds. The van der Waals surface area contributed by atoms with E-state index in [9.17, 15) is 8.42 Å². The first-order valence-corrected chi connectivity index (χ1v) is 9.34. The molecule has 2 rings (SSSR count). The van der Waals surface area contributed by atoms with Crippen molar-refractivity contribution >= 4 is 15.7 Å². The van der Waals surface area contributed by atoms with Crippen molar-refractivity contribution in [2.75, 3.05) is 5.32 Å². The average molecular weight is 310 g/mol. The number of aryl methyl sites for hydroxylation is 1. The quantitative estimate of drug-likeness (QED) is 0.837. The van der Waals surface area contributed by atoms with Crippen LogP contribution in [0.5, 0.6) is 0 Å². The van der Waals surface area contributed by atoms with Crippen LogP contribution in [0.1, 0.15) is 51.0 Å². The molecule has 0 spiro atoms. The molecule has 118 valence electrons. The van der Waals surface area contributed by atoms with E-state index in [1.54, 1.807) is 13.0 Å². The van der Waals surface area contributed by atoms with Crippen LogP contribution >= 0.6 is 0 Å². The number of nitrogens with one attached hydrogen (secondary N) is 1. The largest absolute Gasteiger partial charge is 0.382 e. The van der Waals surface area contributed by atoms with E-state index in [4.69, 9.17) is 5.14 Å². The highest BCUT2D eigenvalue weighted by atomic mass is 32.2. The molecule has 1 fully saturated rings. The number of hydrogen-bond acceptors (Lipinski definition) is 3. The Morgan fingerprint density at radius 2 is 2.00 bits per heavy atom. The highest BCUT2D eigenvalue weighted by Gasteiger charge is 2.18. The van der Waals surface area contributed by atoms with Crippen molar-refractivity contribution < 1.29 is 8.42 Å². The smallest absolute Gasteiger partial charge is 0.238 e. The first-order chi connectivity index (χ1) is 9.90. The lowest BCUT2D eigenvalue weighted by molar-refractivity contribution is 0.444. The Kier molecular flexibility index (Phi) is 5.27. The predicted octanol–water partition coefficient (Wildman–Crippen LogP) is 3.41. The molecule has 0 aliphatic heterocycles. The summed E-state index contributed by atoms with van der Waals surface area (Å²) in [5, 5.41) is 8.75. The molecule has 1 aliphatic rings. The Hall–Kier alpha value is -1.07. The Labute approximate surface area is 128 Å². The van der Waals surface area contributed by atoms with Crippen molar-refractivity contribution in [3.05, 3.63) is 23.8 Å². The van der Waals surface area contributed by atoms with Gasteiger partial charge in [-0.2, -0.15) is 0 Å². The third-order valence-electron chi connectivity index (χ3n) is 4.53. The predicted molar refractivity (Wildman–Crippen MR) is 86.8 cm³/mol. The van der Waals surface area contributed by atoms with Crippen LogP contribution in [0.2, 0.25) is 0 Å². The molecule has 2 atom stereocenters. The fourth-order valence-corrected chi connectivity index (χ4v) is 3.97. The fourth-order valence-electron chi connectivity index (χ4n) is 3.16. The lowest BCUT2D eigenvalue weighted by atomic mass is 9.98. The van der Waals surface area contributed by atoms with Crippen LogP contribution in [0.4, 0.5) is 5.69 Å². The van der Waals surface area contributed by atoms with E-state index in [1.165, 1.54) is 25.7 Å². The number of anilines is 1. The van der Waals surface area contributed by atoms with Gasteiger partial charge in [-0.1, -0.05) is 32.3 Å². The molecular weight excluding hydrogens is 284 g/mol. The third-order valence-corrected chi connectivity index (χ3v) is 5.58. The molecule has 5 heteroatoms. The van der Waals surface area contributed by atoms with Crippen molar-refractivity contribution in [2.45, 2.75) is 63.3 Å². The van der Waals surface area contributed by atoms with Gasteiger partial charge in [0, 0.05) is 11.7 Å². The monoisotopic (exact) mass is 310 g/mol. The molecule has 1 saturated carbocycles. The second-order valence-corrected chi connectivity index (χ2v) is 7.68. The topological polar surface area (TPSA) is 72.2 Å². The van der Waals surface area contributed by atoms with Crippen molar-refractivity contribution in [3.63, 3.8) is 0 Å². The summed E-state index contributed by atoms with van der Waals surface area (Å²) >= 11 is 0. The maximum atomic E-state index is 11.6. The van der Waals surface area contributed by atoms with E-state index in [2.05, 4.69) is 12.2 Å². The second kappa shape index (κ2) is 6.79. The number of primary sulfonamides is 1. The highest BCUT2D eigenvalue weighted by Crippen LogP contribution is 2.28. The van der Waals surface area contributed by atoms with Gasteiger partial charge in [-0.05, 0) is 49.8 Å². The molecule has 2 unspecified atom stereocenters. The van der Waals surface area contributed by atoms with Crippen LogP contribution in [0.15, 0.2) is 23.1 Å². The molecular formula is C16H26N2O2S. The van der Waals surface area contributed by atoms with Crippen molar-refractivity contribution in [3.8, 4) is 0 Å². The molecule has 4 nitrogen and oxygen atoms in total. The molecule has 21 heavy (non-hydrogen) atoms. The van der Waals surface area contributed by atoms with Gasteiger partial charge in [-0.25, -0.2) is 13.6 Å². The van der Waals surface area contributed by atoms with Crippen LogP contribution in [-0.4, -0.2) is 14.5 Å². The summed E-state index contributed by atoms with van der Waals surface area (Å²) in [7, 11) is -3.66. The van der Waals surface area contributed by atoms with Crippen molar-refractivity contribution in [1.82, 2.24) is 0 Å². The molecule has 0 saturated heterocycles. The van der Waals surface area contributed by atoms with Crippen LogP contribution in [0.3, 0.4) is 0 Å². The van der Waals surface area contributed by atoms with Crippen LogP contribution in [0.25, 0.3) is 0 Å². The summed E-state index contributed by atoms with van der Waals surface area (Å²) in [6, 6.07) is 5.84. The van der Waals surface area contributed by atoms with Crippen LogP contribution < -0.4 is 10.5 Å². The van der Waals surface area contributed by atoms with Gasteiger partial charge in [-0.15, -0.1) is 0 Å². The molecule has 0 aromatic heterocycles. The summed E-state index contributed by atoms with van der Waals surface area (Å²) in [6.45, 7) is 4.03. The Morgan fingerprint density at radius 1 is 1.24 bits per heavy atom. The van der Waals surface area contributed by atoms with Crippen molar-refractivity contribution in [2.24, 2.45) is 11.1 Å². The van der Waals surface area contributed by atoms with Gasteiger partial charge in [-0.3, -0.25) is 0 Å². The lowest BCUT2D eigenvalue weighted by Gasteiger charge is -2.19. The molecule has 1 aliphatic carbocycles. The summed E-state index contributed by atoms with van der Waals surface area (Å²) in [5.41, 5.74) is 1.54. The molecule has 0 heterocycles. The Balaban J connectivity index is 2.10. The minimum Gasteiger partial charge on any atom is -0.382 e. The summed E-state index contributed by atoms with van der Waals surface area (Å²) in [6.07, 6.45) is 7.36. The zero-order chi connectivity index (χ0) is 15.5. The number of sulfonamides is 1. The number of hydrogen-bond donors (Lipinski definition) is 2. The maximum absolute atomic E-state index is 11.6. The molecule has 3 N–H and O–H groups in total. The molecule has 0 bridgehead atoms. The van der Waals surface area contributed by atoms with E-state index < -0.39 is 10.0 Å². The highest BCUT2D eigenvalue weighted by molar-refractivity contribution is 7.89. The van der Waals surface area contributed by atoms with Gasteiger partial charge in [0.15, 0.2) is 0 Å². The zero-order valence-corrected chi connectivity index (χ0v) is 13.7. The first kappa shape index (κ1) is 16.3. The van der Waals surface area contributed by atoms with E-state index >= 15 is 0 Å². The molecule has 0 radical (unpaired) electrons. The maximum Gasteiger partial charge on any atom is 0.238 e. The zero-order valence-electron chi connectivity index (χ0n) is 12.9. The van der Waals surface area contributed by atoms with E-state index in [0.717, 1.165) is 24.4 Å². The van der Waals surface area contributed by atoms with Crippen LogP contribution in [-0.2, 0) is 10.0 Å². The van der Waals surface area contributed by atoms with Crippen molar-refractivity contribution in [1.29, 1.82) is 0 Å². The van der Waals surface area contributed by atoms with Gasteiger partial charge in [0.05, 0.1) is 4.90 Å². The fraction of sp³-hybridized carbons (Fsp3) is 0.625. The van der Waals surface area contributed by atoms with Gasteiger partial charge >= 0.3 is 0 Å². The first-order valence-electron chi connectivity index (χ1n) is 7.80. The van der Waals surface area contributed by atoms with Gasteiger partial charge < -0.3 is 5.32 Å². The number of nitrogens with two attached hydrogens (primary N) is 1. The SMILES string of the molecule is CCC1CCCC(Nc2ccc(C)c(S(N)(=O)=O)c2)CC1. The summed E-state index contributed by atoms with van der Waals surface area (Å²) in [5.74, 6) is 0.842. The number of benzene rings is 1. The normalized spacial score (nSPS) is 23.6. The van der Waals surface area contributed by atoms with Gasteiger partial charge in [0.2, 0.25) is 10.0 Å². The van der Waals surface area contributed by atoms with Gasteiger partial charge in [0.1, 0.15) is 0 Å².